The summed E-state index contributed by atoms with van der Waals surface area (Å²) < 4.78 is 0. The van der Waals surface area contributed by atoms with Gasteiger partial charge in [-0.1, -0.05) is 27.2 Å². The van der Waals surface area contributed by atoms with Crippen molar-refractivity contribution in [3.63, 3.8) is 0 Å². The Morgan fingerprint density at radius 2 is 2.17 bits per heavy atom. The summed E-state index contributed by atoms with van der Waals surface area (Å²) in [6.45, 7) is 9.57. The lowest BCUT2D eigenvalue weighted by molar-refractivity contribution is -0.121. The van der Waals surface area contributed by atoms with Crippen LogP contribution in [0, 0.1) is 5.92 Å². The van der Waals surface area contributed by atoms with Crippen molar-refractivity contribution in [2.24, 2.45) is 5.92 Å². The average molecular weight is 254 g/mol. The van der Waals surface area contributed by atoms with Gasteiger partial charge in [0.15, 0.2) is 0 Å². The van der Waals surface area contributed by atoms with Gasteiger partial charge in [0.2, 0.25) is 5.91 Å². The van der Waals surface area contributed by atoms with E-state index in [1.54, 1.807) is 0 Å². The van der Waals surface area contributed by atoms with Crippen LogP contribution in [0.3, 0.4) is 0 Å². The van der Waals surface area contributed by atoms with Crippen molar-refractivity contribution in [2.45, 2.75) is 65.3 Å². The minimum Gasteiger partial charge on any atom is -0.356 e. The van der Waals surface area contributed by atoms with E-state index in [-0.39, 0.29) is 5.91 Å². The molecule has 0 spiro atoms. The Hall–Kier alpha value is -0.570. The average Bonchev–Trinajstić information content (AvgIpc) is 2.36. The maximum Gasteiger partial charge on any atom is 0.221 e. The highest BCUT2D eigenvalue weighted by molar-refractivity contribution is 5.76. The second-order valence-electron chi connectivity index (χ2n) is 5.88. The van der Waals surface area contributed by atoms with Crippen molar-refractivity contribution in [2.75, 3.05) is 19.6 Å². The zero-order valence-corrected chi connectivity index (χ0v) is 12.4. The predicted octanol–water partition coefficient (Wildman–Crippen LogP) is 2.80. The summed E-state index contributed by atoms with van der Waals surface area (Å²) in [4.78, 5) is 14.2. The summed E-state index contributed by atoms with van der Waals surface area (Å²) in [6, 6.07) is 0.710. The molecule has 1 saturated heterocycles. The van der Waals surface area contributed by atoms with Crippen molar-refractivity contribution in [3.8, 4) is 0 Å². The number of amides is 1. The molecular weight excluding hydrogens is 224 g/mol. The third-order valence-electron chi connectivity index (χ3n) is 3.89. The lowest BCUT2D eigenvalue weighted by Gasteiger charge is -2.35. The third kappa shape index (κ3) is 5.85. The van der Waals surface area contributed by atoms with Gasteiger partial charge in [-0.05, 0) is 38.1 Å². The van der Waals surface area contributed by atoms with Crippen molar-refractivity contribution in [1.82, 2.24) is 10.2 Å². The van der Waals surface area contributed by atoms with E-state index in [2.05, 4.69) is 31.0 Å². The molecule has 0 bridgehead atoms. The Kier molecular flexibility index (Phi) is 7.33. The van der Waals surface area contributed by atoms with Crippen LogP contribution in [0.5, 0.6) is 0 Å². The van der Waals surface area contributed by atoms with Gasteiger partial charge in [0.1, 0.15) is 0 Å². The largest absolute Gasteiger partial charge is 0.356 e. The summed E-state index contributed by atoms with van der Waals surface area (Å²) in [6.07, 6.45) is 6.92. The van der Waals surface area contributed by atoms with Crippen molar-refractivity contribution in [1.29, 1.82) is 0 Å². The smallest absolute Gasteiger partial charge is 0.221 e. The molecule has 0 radical (unpaired) electrons. The highest BCUT2D eigenvalue weighted by Crippen LogP contribution is 2.19. The van der Waals surface area contributed by atoms with Gasteiger partial charge in [-0.3, -0.25) is 9.69 Å². The minimum absolute atomic E-state index is 0.219. The monoisotopic (exact) mass is 254 g/mol. The molecule has 1 atom stereocenters. The molecule has 106 valence electrons. The van der Waals surface area contributed by atoms with Crippen LogP contribution < -0.4 is 5.32 Å². The van der Waals surface area contributed by atoms with Crippen LogP contribution >= 0.6 is 0 Å². The van der Waals surface area contributed by atoms with E-state index in [0.717, 1.165) is 19.5 Å². The van der Waals surface area contributed by atoms with Crippen LogP contribution in [-0.2, 0) is 4.79 Å². The maximum absolute atomic E-state index is 11.7. The van der Waals surface area contributed by atoms with Gasteiger partial charge < -0.3 is 5.32 Å². The van der Waals surface area contributed by atoms with E-state index in [1.165, 1.54) is 32.2 Å². The van der Waals surface area contributed by atoms with Gasteiger partial charge in [0.25, 0.3) is 0 Å². The summed E-state index contributed by atoms with van der Waals surface area (Å²) in [5.41, 5.74) is 0. The van der Waals surface area contributed by atoms with Gasteiger partial charge in [0.05, 0.1) is 0 Å². The number of piperidine rings is 1. The first-order chi connectivity index (χ1) is 8.63. The molecule has 0 saturated carbocycles. The highest BCUT2D eigenvalue weighted by Gasteiger charge is 2.20. The molecule has 1 N–H and O–H groups in total. The number of nitrogens with one attached hydrogen (secondary N) is 1. The molecule has 0 aliphatic carbocycles. The summed E-state index contributed by atoms with van der Waals surface area (Å²) >= 11 is 0. The number of carbonyl (C=O) groups is 1. The van der Waals surface area contributed by atoms with Crippen LogP contribution in [-0.4, -0.2) is 36.5 Å². The molecule has 18 heavy (non-hydrogen) atoms. The molecular formula is C15H30N2O. The highest BCUT2D eigenvalue weighted by atomic mass is 16.1. The predicted molar refractivity (Wildman–Crippen MR) is 76.6 cm³/mol. The topological polar surface area (TPSA) is 32.3 Å². The lowest BCUT2D eigenvalue weighted by Crippen LogP contribution is -2.41. The standard InChI is InChI=1S/C15H30N2O/c1-4-14-7-5-6-11-17(14)12-9-15(18)16-10-8-13(2)3/h13-14H,4-12H2,1-3H3,(H,16,18). The van der Waals surface area contributed by atoms with Crippen molar-refractivity contribution in [3.05, 3.63) is 0 Å². The summed E-state index contributed by atoms with van der Waals surface area (Å²) in [7, 11) is 0. The Morgan fingerprint density at radius 3 is 2.83 bits per heavy atom. The van der Waals surface area contributed by atoms with E-state index >= 15 is 0 Å². The maximum atomic E-state index is 11.7. The van der Waals surface area contributed by atoms with Crippen LogP contribution in [0.4, 0.5) is 0 Å². The molecule has 1 unspecified atom stereocenters. The number of nitrogens with zero attached hydrogens (tertiary/aromatic N) is 1. The Labute approximate surface area is 112 Å². The van der Waals surface area contributed by atoms with Crippen molar-refractivity contribution < 1.29 is 4.79 Å². The fourth-order valence-electron chi connectivity index (χ4n) is 2.65. The quantitative estimate of drug-likeness (QED) is 0.757. The summed E-state index contributed by atoms with van der Waals surface area (Å²) in [5, 5.41) is 3.02. The van der Waals surface area contributed by atoms with Crippen LogP contribution in [0.1, 0.15) is 59.3 Å². The van der Waals surface area contributed by atoms with E-state index in [1.807, 2.05) is 0 Å². The van der Waals surface area contributed by atoms with E-state index in [4.69, 9.17) is 0 Å². The molecule has 3 nitrogen and oxygen atoms in total. The van der Waals surface area contributed by atoms with Crippen LogP contribution in [0.2, 0.25) is 0 Å². The number of carbonyl (C=O) groups excluding carboxylic acids is 1. The van der Waals surface area contributed by atoms with Gasteiger partial charge in [0, 0.05) is 25.6 Å². The first kappa shape index (κ1) is 15.5. The first-order valence-corrected chi connectivity index (χ1v) is 7.64. The molecule has 3 heteroatoms. The molecule has 1 aliphatic heterocycles. The molecule has 1 fully saturated rings. The minimum atomic E-state index is 0.219. The van der Waals surface area contributed by atoms with Gasteiger partial charge in [-0.25, -0.2) is 0 Å². The Bertz CT molecular complexity index is 241. The van der Waals surface area contributed by atoms with E-state index in [9.17, 15) is 4.79 Å². The molecule has 1 rings (SSSR count). The number of hydrogen-bond donors (Lipinski definition) is 1. The van der Waals surface area contributed by atoms with Crippen LogP contribution in [0.15, 0.2) is 0 Å². The van der Waals surface area contributed by atoms with Gasteiger partial charge in [-0.15, -0.1) is 0 Å². The zero-order valence-electron chi connectivity index (χ0n) is 12.4. The molecule has 1 aliphatic rings. The molecule has 0 aromatic carbocycles. The second-order valence-corrected chi connectivity index (χ2v) is 5.88. The third-order valence-corrected chi connectivity index (χ3v) is 3.89. The fraction of sp³-hybridized carbons (Fsp3) is 0.933. The fourth-order valence-corrected chi connectivity index (χ4v) is 2.65. The molecule has 0 aromatic heterocycles. The van der Waals surface area contributed by atoms with E-state index < -0.39 is 0 Å². The number of rotatable bonds is 7. The first-order valence-electron chi connectivity index (χ1n) is 7.64. The number of likely N-dealkylation sites (tertiary alicyclic amines) is 1. The van der Waals surface area contributed by atoms with Gasteiger partial charge in [-0.2, -0.15) is 0 Å². The second kappa shape index (κ2) is 8.52. The number of hydrogen-bond acceptors (Lipinski definition) is 2. The Balaban J connectivity index is 2.16. The van der Waals surface area contributed by atoms with Crippen molar-refractivity contribution >= 4 is 5.91 Å². The molecule has 1 amide bonds. The zero-order chi connectivity index (χ0) is 13.4. The van der Waals surface area contributed by atoms with Crippen LogP contribution in [0.25, 0.3) is 0 Å². The lowest BCUT2D eigenvalue weighted by atomic mass is 10.00. The molecule has 0 aromatic rings. The van der Waals surface area contributed by atoms with Gasteiger partial charge >= 0.3 is 0 Å². The summed E-state index contributed by atoms with van der Waals surface area (Å²) in [5.74, 6) is 0.882. The normalized spacial score (nSPS) is 21.2. The molecule has 1 heterocycles. The Morgan fingerprint density at radius 1 is 1.39 bits per heavy atom. The SMILES string of the molecule is CCC1CCCCN1CCC(=O)NCCC(C)C. The van der Waals surface area contributed by atoms with E-state index in [0.29, 0.717) is 18.4 Å².